The monoisotopic (exact) mass is 291 g/mol. The van der Waals surface area contributed by atoms with Crippen LogP contribution in [0.25, 0.3) is 0 Å². The van der Waals surface area contributed by atoms with Gasteiger partial charge in [-0.05, 0) is 19.3 Å². The second-order valence-corrected chi connectivity index (χ2v) is 6.81. The zero-order valence-electron chi connectivity index (χ0n) is 10.6. The summed E-state index contributed by atoms with van der Waals surface area (Å²) in [5, 5.41) is 6.71. The van der Waals surface area contributed by atoms with E-state index in [2.05, 4.69) is 17.1 Å². The molecule has 1 aromatic heterocycles. The fraction of sp³-hybridized carbons (Fsp3) is 0.727. The molecule has 1 saturated heterocycles. The molecule has 1 atom stereocenters. The second-order valence-electron chi connectivity index (χ2n) is 4.69. The zero-order chi connectivity index (χ0) is 13.3. The predicted octanol–water partition coefficient (Wildman–Crippen LogP) is 1.88. The van der Waals surface area contributed by atoms with Gasteiger partial charge in [0.1, 0.15) is 0 Å². The number of sulfonamides is 1. The molecule has 18 heavy (non-hydrogen) atoms. The molecule has 0 aromatic carbocycles. The van der Waals surface area contributed by atoms with Gasteiger partial charge in [0.05, 0.1) is 5.88 Å². The van der Waals surface area contributed by atoms with Crippen LogP contribution in [0, 0.1) is 12.8 Å². The van der Waals surface area contributed by atoms with Crippen LogP contribution in [0.4, 0.5) is 0 Å². The SMILES string of the molecule is CCC1CCN(S(=O)(=O)c2n[nH]c(C)c2CCl)C1. The largest absolute Gasteiger partial charge is 0.281 e. The molecular weight excluding hydrogens is 274 g/mol. The Kier molecular flexibility index (Phi) is 3.99. The molecule has 2 rings (SSSR count). The second kappa shape index (κ2) is 5.19. The van der Waals surface area contributed by atoms with Crippen molar-refractivity contribution in [1.82, 2.24) is 14.5 Å². The van der Waals surface area contributed by atoms with E-state index in [-0.39, 0.29) is 10.9 Å². The highest BCUT2D eigenvalue weighted by atomic mass is 35.5. The molecule has 0 amide bonds. The van der Waals surface area contributed by atoms with Gasteiger partial charge in [-0.15, -0.1) is 11.6 Å². The van der Waals surface area contributed by atoms with Gasteiger partial charge in [0.2, 0.25) is 0 Å². The Hall–Kier alpha value is -0.590. The topological polar surface area (TPSA) is 66.1 Å². The number of nitrogens with one attached hydrogen (secondary N) is 1. The van der Waals surface area contributed by atoms with Gasteiger partial charge in [0.15, 0.2) is 5.03 Å². The van der Waals surface area contributed by atoms with E-state index < -0.39 is 10.0 Å². The first-order valence-corrected chi connectivity index (χ1v) is 8.08. The number of hydrogen-bond donors (Lipinski definition) is 1. The third kappa shape index (κ3) is 2.29. The van der Waals surface area contributed by atoms with Crippen molar-refractivity contribution >= 4 is 21.6 Å². The summed E-state index contributed by atoms with van der Waals surface area (Å²) in [6.45, 7) is 5.03. The van der Waals surface area contributed by atoms with Gasteiger partial charge in [0, 0.05) is 24.3 Å². The average molecular weight is 292 g/mol. The maximum atomic E-state index is 12.5. The summed E-state index contributed by atoms with van der Waals surface area (Å²) in [6, 6.07) is 0. The van der Waals surface area contributed by atoms with Crippen LogP contribution in [-0.4, -0.2) is 36.0 Å². The van der Waals surface area contributed by atoms with Crippen LogP contribution in [0.15, 0.2) is 5.03 Å². The summed E-state index contributed by atoms with van der Waals surface area (Å²) in [4.78, 5) is 0. The lowest BCUT2D eigenvalue weighted by atomic mass is 10.1. The Balaban J connectivity index is 2.31. The van der Waals surface area contributed by atoms with E-state index in [9.17, 15) is 8.42 Å². The van der Waals surface area contributed by atoms with Crippen LogP contribution in [-0.2, 0) is 15.9 Å². The third-order valence-electron chi connectivity index (χ3n) is 3.58. The Bertz CT molecular complexity index is 526. The Morgan fingerprint density at radius 1 is 1.56 bits per heavy atom. The van der Waals surface area contributed by atoms with Gasteiger partial charge in [-0.2, -0.15) is 9.40 Å². The molecule has 1 aromatic rings. The van der Waals surface area contributed by atoms with Crippen molar-refractivity contribution in [3.63, 3.8) is 0 Å². The van der Waals surface area contributed by atoms with E-state index in [1.807, 2.05) is 0 Å². The highest BCUT2D eigenvalue weighted by Crippen LogP contribution is 2.28. The molecule has 5 nitrogen and oxygen atoms in total. The van der Waals surface area contributed by atoms with Gasteiger partial charge >= 0.3 is 0 Å². The third-order valence-corrected chi connectivity index (χ3v) is 5.68. The molecule has 7 heteroatoms. The van der Waals surface area contributed by atoms with E-state index in [0.717, 1.165) is 18.5 Å². The van der Waals surface area contributed by atoms with Crippen LogP contribution < -0.4 is 0 Å². The van der Waals surface area contributed by atoms with Crippen LogP contribution in [0.2, 0.25) is 0 Å². The van der Waals surface area contributed by atoms with E-state index in [0.29, 0.717) is 24.6 Å². The van der Waals surface area contributed by atoms with Crippen LogP contribution in [0.5, 0.6) is 0 Å². The average Bonchev–Trinajstić information content (AvgIpc) is 2.95. The molecule has 0 spiro atoms. The summed E-state index contributed by atoms with van der Waals surface area (Å²) >= 11 is 5.80. The Morgan fingerprint density at radius 3 is 2.83 bits per heavy atom. The minimum absolute atomic E-state index is 0.0896. The number of H-pyrrole nitrogens is 1. The molecule has 102 valence electrons. The first-order valence-electron chi connectivity index (χ1n) is 6.10. The maximum Gasteiger partial charge on any atom is 0.262 e. The van der Waals surface area contributed by atoms with Crippen molar-refractivity contribution in [3.05, 3.63) is 11.3 Å². The maximum absolute atomic E-state index is 12.5. The molecule has 0 radical (unpaired) electrons. The zero-order valence-corrected chi connectivity index (χ0v) is 12.2. The van der Waals surface area contributed by atoms with Gasteiger partial charge in [0.25, 0.3) is 10.0 Å². The smallest absolute Gasteiger partial charge is 0.262 e. The summed E-state index contributed by atoms with van der Waals surface area (Å²) in [5.41, 5.74) is 1.30. The fourth-order valence-electron chi connectivity index (χ4n) is 2.27. The van der Waals surface area contributed by atoms with Crippen molar-refractivity contribution in [2.45, 2.75) is 37.6 Å². The number of aromatic nitrogens is 2. The molecule has 1 N–H and O–H groups in total. The summed E-state index contributed by atoms with van der Waals surface area (Å²) in [6.07, 6.45) is 1.93. The lowest BCUT2D eigenvalue weighted by molar-refractivity contribution is 0.450. The van der Waals surface area contributed by atoms with Crippen LogP contribution >= 0.6 is 11.6 Å². The Morgan fingerprint density at radius 2 is 2.28 bits per heavy atom. The Labute approximate surface area is 113 Å². The minimum Gasteiger partial charge on any atom is -0.281 e. The van der Waals surface area contributed by atoms with E-state index in [1.165, 1.54) is 4.31 Å². The first-order chi connectivity index (χ1) is 8.50. The number of aryl methyl sites for hydroxylation is 1. The number of rotatable bonds is 4. The molecule has 0 bridgehead atoms. The standard InChI is InChI=1S/C11H18ClN3O2S/c1-3-9-4-5-15(7-9)18(16,17)11-10(6-12)8(2)13-14-11/h9H,3-7H2,1-2H3,(H,13,14). The van der Waals surface area contributed by atoms with Crippen molar-refractivity contribution in [2.24, 2.45) is 5.92 Å². The molecule has 1 aliphatic rings. The number of alkyl halides is 1. The fourth-order valence-corrected chi connectivity index (χ4v) is 4.37. The van der Waals surface area contributed by atoms with Crippen LogP contribution in [0.1, 0.15) is 31.0 Å². The number of hydrogen-bond acceptors (Lipinski definition) is 3. The molecule has 2 heterocycles. The quantitative estimate of drug-likeness (QED) is 0.861. The molecule has 1 fully saturated rings. The van der Waals surface area contributed by atoms with E-state index in [1.54, 1.807) is 6.92 Å². The molecular formula is C11H18ClN3O2S. The van der Waals surface area contributed by atoms with Gasteiger partial charge < -0.3 is 0 Å². The number of nitrogens with zero attached hydrogens (tertiary/aromatic N) is 2. The number of aromatic amines is 1. The molecule has 0 saturated carbocycles. The lowest BCUT2D eigenvalue weighted by Crippen LogP contribution is -2.29. The molecule has 0 aliphatic carbocycles. The first kappa shape index (κ1) is 13.8. The van der Waals surface area contributed by atoms with Crippen molar-refractivity contribution in [2.75, 3.05) is 13.1 Å². The van der Waals surface area contributed by atoms with E-state index in [4.69, 9.17) is 11.6 Å². The minimum atomic E-state index is -3.50. The molecule has 1 unspecified atom stereocenters. The summed E-state index contributed by atoms with van der Waals surface area (Å²) in [7, 11) is -3.50. The van der Waals surface area contributed by atoms with Gasteiger partial charge in [-0.3, -0.25) is 5.10 Å². The normalized spacial score (nSPS) is 21.6. The van der Waals surface area contributed by atoms with E-state index >= 15 is 0 Å². The van der Waals surface area contributed by atoms with Gasteiger partial charge in [-0.1, -0.05) is 13.3 Å². The molecule has 1 aliphatic heterocycles. The predicted molar refractivity (Wildman–Crippen MR) is 70.0 cm³/mol. The van der Waals surface area contributed by atoms with Gasteiger partial charge in [-0.25, -0.2) is 8.42 Å². The van der Waals surface area contributed by atoms with Crippen molar-refractivity contribution in [3.8, 4) is 0 Å². The highest BCUT2D eigenvalue weighted by Gasteiger charge is 2.35. The summed E-state index contributed by atoms with van der Waals surface area (Å²) < 4.78 is 26.5. The lowest BCUT2D eigenvalue weighted by Gasteiger charge is -2.15. The summed E-state index contributed by atoms with van der Waals surface area (Å²) in [5.74, 6) is 0.612. The van der Waals surface area contributed by atoms with Crippen molar-refractivity contribution in [1.29, 1.82) is 0 Å². The van der Waals surface area contributed by atoms with Crippen LogP contribution in [0.3, 0.4) is 0 Å². The number of halogens is 1. The van der Waals surface area contributed by atoms with Crippen molar-refractivity contribution < 1.29 is 8.42 Å². The highest BCUT2D eigenvalue weighted by molar-refractivity contribution is 7.89.